The molecule has 1 saturated carbocycles. The van der Waals surface area contributed by atoms with E-state index >= 15 is 0 Å². The summed E-state index contributed by atoms with van der Waals surface area (Å²) in [5.74, 6) is 3.30. The molecule has 0 amide bonds. The molecule has 0 saturated heterocycles. The fraction of sp³-hybridized carbons (Fsp3) is 0.381. The summed E-state index contributed by atoms with van der Waals surface area (Å²) in [5, 5.41) is 32.7. The minimum Gasteiger partial charge on any atom is -0.872 e. The van der Waals surface area contributed by atoms with Crippen molar-refractivity contribution >= 4 is 12.4 Å². The van der Waals surface area contributed by atoms with Gasteiger partial charge in [-0.2, -0.15) is 0 Å². The number of phenols is 2. The molecule has 0 heterocycles. The van der Waals surface area contributed by atoms with Crippen LogP contribution in [0.5, 0.6) is 40.2 Å². The number of aliphatic imine (C=N–C) groups is 2. The van der Waals surface area contributed by atoms with E-state index < -0.39 is 0 Å². The molecule has 1 fully saturated rings. The van der Waals surface area contributed by atoms with Crippen LogP contribution in [-0.2, 0) is 28.2 Å². The van der Waals surface area contributed by atoms with Crippen LogP contribution in [0.25, 0.3) is 0 Å². The Bertz CT molecular complexity index is 1670. The Morgan fingerprint density at radius 2 is 1.04 bits per heavy atom. The zero-order valence-electron chi connectivity index (χ0n) is 31.0. The van der Waals surface area contributed by atoms with E-state index in [-0.39, 0.29) is 57.5 Å². The molecule has 0 bridgehead atoms. The first-order valence-electron chi connectivity index (χ1n) is 17.1. The van der Waals surface area contributed by atoms with Crippen molar-refractivity contribution in [3.05, 3.63) is 101 Å². The van der Waals surface area contributed by atoms with Gasteiger partial charge in [-0.05, 0) is 72.2 Å². The molecule has 272 valence electrons. The number of rotatable bonds is 8. The Labute approximate surface area is 314 Å². The number of phenolic OH excluding ortho intramolecular Hbond substituents is 2. The van der Waals surface area contributed by atoms with Gasteiger partial charge in [0.1, 0.15) is 34.5 Å². The van der Waals surface area contributed by atoms with E-state index in [9.17, 15) is 15.3 Å². The first kappa shape index (κ1) is 41.0. The number of hydrogen-bond acceptors (Lipinski definition) is 8. The van der Waals surface area contributed by atoms with Gasteiger partial charge in [-0.25, -0.2) is 0 Å². The summed E-state index contributed by atoms with van der Waals surface area (Å²) in [6.07, 6.45) is 7.53. The number of nitrogens with zero attached hydrogens (tertiary/aromatic N) is 2. The number of para-hydroxylation sites is 1. The molecule has 9 heteroatoms. The normalized spacial score (nSPS) is 16.2. The number of methoxy groups -OCH3 is 2. The predicted octanol–water partition coefficient (Wildman–Crippen LogP) is 9.11. The molecule has 4 aromatic carbocycles. The van der Waals surface area contributed by atoms with E-state index in [1.807, 2.05) is 54.6 Å². The largest absolute Gasteiger partial charge is 0.872 e. The molecule has 1 aliphatic carbocycles. The van der Waals surface area contributed by atoms with Gasteiger partial charge in [0, 0.05) is 52.0 Å². The standard InChI is InChI=1S/C30H42N2O4.C12H10O2.Cr/c1-29(2,3)23-15-21(35-7)13-19(27(23)33)17-31-25-11-9-10-12-26(25)32-18-20-14-22(36-8)16-24(28(20)34)30(4,5)6;13-10-6-8-12(9-7-10)14-11-4-2-1-3-5-11;/h13-18,25-26,33-34H,9-12H2,1-8H3;1-9,13H;/p-1/t25-,26-;;/m1../s1. The Balaban J connectivity index is 0.000000389. The second-order valence-electron chi connectivity index (χ2n) is 14.6. The molecule has 0 aromatic heterocycles. The summed E-state index contributed by atoms with van der Waals surface area (Å²) >= 11 is 0. The van der Waals surface area contributed by atoms with Crippen molar-refractivity contribution in [1.29, 1.82) is 0 Å². The number of aromatic hydroxyl groups is 2. The molecule has 0 radical (unpaired) electrons. The van der Waals surface area contributed by atoms with Crippen LogP contribution < -0.4 is 19.3 Å². The van der Waals surface area contributed by atoms with Crippen molar-refractivity contribution in [3.63, 3.8) is 0 Å². The van der Waals surface area contributed by atoms with Crippen LogP contribution in [0.2, 0.25) is 0 Å². The summed E-state index contributed by atoms with van der Waals surface area (Å²) in [4.78, 5) is 9.76. The van der Waals surface area contributed by atoms with E-state index in [1.54, 1.807) is 38.8 Å². The fourth-order valence-electron chi connectivity index (χ4n) is 5.76. The van der Waals surface area contributed by atoms with E-state index in [2.05, 4.69) is 41.5 Å². The summed E-state index contributed by atoms with van der Waals surface area (Å²) in [6, 6.07) is 23.1. The third-order valence-electron chi connectivity index (χ3n) is 8.62. The Morgan fingerprint density at radius 1 is 0.627 bits per heavy atom. The average Bonchev–Trinajstić information content (AvgIpc) is 3.08. The third kappa shape index (κ3) is 11.5. The van der Waals surface area contributed by atoms with Crippen molar-refractivity contribution in [2.75, 3.05) is 14.2 Å². The Kier molecular flexibility index (Phi) is 14.6. The fourth-order valence-corrected chi connectivity index (χ4v) is 5.76. The molecule has 0 aliphatic heterocycles. The van der Waals surface area contributed by atoms with Crippen LogP contribution in [0.4, 0.5) is 0 Å². The van der Waals surface area contributed by atoms with Crippen molar-refractivity contribution in [2.45, 2.75) is 90.1 Å². The predicted molar refractivity (Wildman–Crippen MR) is 200 cm³/mol. The second-order valence-corrected chi connectivity index (χ2v) is 14.6. The molecule has 8 nitrogen and oxygen atoms in total. The van der Waals surface area contributed by atoms with Gasteiger partial charge in [-0.1, -0.05) is 84.7 Å². The number of hydrogen-bond donors (Lipinski definition) is 2. The molecule has 2 atom stereocenters. The molecule has 0 spiro atoms. The van der Waals surface area contributed by atoms with Crippen LogP contribution in [0.3, 0.4) is 0 Å². The summed E-state index contributed by atoms with van der Waals surface area (Å²) in [5.41, 5.74) is 2.47. The molecule has 1 aliphatic rings. The Morgan fingerprint density at radius 3 is 1.43 bits per heavy atom. The van der Waals surface area contributed by atoms with E-state index in [4.69, 9.17) is 24.2 Å². The maximum absolute atomic E-state index is 10.9. The van der Waals surface area contributed by atoms with Gasteiger partial charge in [0.25, 0.3) is 0 Å². The first-order valence-corrected chi connectivity index (χ1v) is 17.1. The van der Waals surface area contributed by atoms with Gasteiger partial charge in [0.05, 0.1) is 26.3 Å². The molecule has 0 unspecified atom stereocenters. The average molecular weight is 732 g/mol. The molecule has 4 aromatic rings. The monoisotopic (exact) mass is 731 g/mol. The van der Waals surface area contributed by atoms with Gasteiger partial charge < -0.3 is 29.5 Å². The van der Waals surface area contributed by atoms with Gasteiger partial charge in [0.15, 0.2) is 0 Å². The second kappa shape index (κ2) is 18.2. The van der Waals surface area contributed by atoms with Crippen molar-refractivity contribution in [3.8, 4) is 40.2 Å². The molecular formula is C42H51CrN2O6-. The van der Waals surface area contributed by atoms with Crippen LogP contribution in [0, 0.1) is 0 Å². The van der Waals surface area contributed by atoms with Crippen LogP contribution in [0.1, 0.15) is 89.5 Å². The van der Waals surface area contributed by atoms with Gasteiger partial charge in [-0.15, -0.1) is 5.75 Å². The number of ether oxygens (including phenoxy) is 3. The van der Waals surface area contributed by atoms with E-state index in [1.165, 1.54) is 12.1 Å². The number of benzene rings is 4. The van der Waals surface area contributed by atoms with E-state index in [0.717, 1.165) is 42.6 Å². The first-order chi connectivity index (χ1) is 23.7. The topological polar surface area (TPSA) is 116 Å². The minimum absolute atomic E-state index is 0. The van der Waals surface area contributed by atoms with E-state index in [0.29, 0.717) is 28.4 Å². The van der Waals surface area contributed by atoms with Crippen molar-refractivity contribution < 1.29 is 46.9 Å². The quantitative estimate of drug-likeness (QED) is 0.175. The zero-order chi connectivity index (χ0) is 36.5. The zero-order valence-corrected chi connectivity index (χ0v) is 32.2. The van der Waals surface area contributed by atoms with Crippen LogP contribution in [-0.4, -0.2) is 48.9 Å². The van der Waals surface area contributed by atoms with Crippen molar-refractivity contribution in [2.24, 2.45) is 9.98 Å². The van der Waals surface area contributed by atoms with Crippen LogP contribution >= 0.6 is 0 Å². The smallest absolute Gasteiger partial charge is 0.128 e. The molecule has 2 N–H and O–H groups in total. The maximum atomic E-state index is 10.9. The molecular weight excluding hydrogens is 680 g/mol. The summed E-state index contributed by atoms with van der Waals surface area (Å²) < 4.78 is 16.5. The summed E-state index contributed by atoms with van der Waals surface area (Å²) in [7, 11) is 3.26. The molecule has 5 rings (SSSR count). The Hall–Kier alpha value is -4.45. The van der Waals surface area contributed by atoms with Gasteiger partial charge in [0.2, 0.25) is 0 Å². The van der Waals surface area contributed by atoms with Gasteiger partial charge >= 0.3 is 0 Å². The van der Waals surface area contributed by atoms with Crippen molar-refractivity contribution in [1.82, 2.24) is 0 Å². The van der Waals surface area contributed by atoms with Gasteiger partial charge in [-0.3, -0.25) is 9.98 Å². The third-order valence-corrected chi connectivity index (χ3v) is 8.62. The summed E-state index contributed by atoms with van der Waals surface area (Å²) in [6.45, 7) is 12.4. The maximum Gasteiger partial charge on any atom is 0.128 e. The van der Waals surface area contributed by atoms with Crippen LogP contribution in [0.15, 0.2) is 88.8 Å². The minimum atomic E-state index is -0.233. The SMILES string of the molecule is COc1cc(C=N[C@@H]2CCCC[C@H]2N=Cc2cc(OC)cc(C(C)(C)C)c2O)c(O)c(C(C)(C)C)c1.[Cr].[O-]c1ccc(Oc2ccccc2)cc1. The molecule has 51 heavy (non-hydrogen) atoms.